The van der Waals surface area contributed by atoms with Crippen LogP contribution in [0.3, 0.4) is 0 Å². The SMILES string of the molecule is C=CCCNC(=O)Nc1cc(C(=O)O)cc(C(=O)O)c1. The second kappa shape index (κ2) is 6.93. The number of benzene rings is 1. The Morgan fingerprint density at radius 2 is 1.65 bits per heavy atom. The number of amides is 2. The van der Waals surface area contributed by atoms with Crippen molar-refractivity contribution in [3.05, 3.63) is 42.0 Å². The van der Waals surface area contributed by atoms with E-state index in [0.717, 1.165) is 6.07 Å². The largest absolute Gasteiger partial charge is 0.478 e. The lowest BCUT2D eigenvalue weighted by Gasteiger charge is -2.08. The molecule has 0 saturated carbocycles. The molecule has 7 heteroatoms. The van der Waals surface area contributed by atoms with Gasteiger partial charge in [-0.2, -0.15) is 0 Å². The van der Waals surface area contributed by atoms with Gasteiger partial charge in [0, 0.05) is 12.2 Å². The zero-order chi connectivity index (χ0) is 15.1. The molecule has 1 aromatic rings. The highest BCUT2D eigenvalue weighted by atomic mass is 16.4. The van der Waals surface area contributed by atoms with Crippen LogP contribution in [-0.2, 0) is 0 Å². The summed E-state index contributed by atoms with van der Waals surface area (Å²) in [6.07, 6.45) is 2.22. The van der Waals surface area contributed by atoms with Gasteiger partial charge >= 0.3 is 18.0 Å². The van der Waals surface area contributed by atoms with Crippen molar-refractivity contribution in [2.45, 2.75) is 6.42 Å². The molecule has 1 aromatic carbocycles. The predicted molar refractivity (Wildman–Crippen MR) is 72.2 cm³/mol. The van der Waals surface area contributed by atoms with E-state index < -0.39 is 18.0 Å². The van der Waals surface area contributed by atoms with Crippen LogP contribution < -0.4 is 10.6 Å². The van der Waals surface area contributed by atoms with E-state index in [0.29, 0.717) is 13.0 Å². The molecule has 0 radical (unpaired) electrons. The van der Waals surface area contributed by atoms with Gasteiger partial charge in [0.2, 0.25) is 0 Å². The number of carbonyl (C=O) groups excluding carboxylic acids is 1. The van der Waals surface area contributed by atoms with E-state index in [9.17, 15) is 14.4 Å². The highest BCUT2D eigenvalue weighted by Crippen LogP contribution is 2.15. The van der Waals surface area contributed by atoms with E-state index in [4.69, 9.17) is 10.2 Å². The maximum absolute atomic E-state index is 11.5. The molecule has 20 heavy (non-hydrogen) atoms. The Morgan fingerprint density at radius 3 is 2.10 bits per heavy atom. The van der Waals surface area contributed by atoms with E-state index in [1.165, 1.54) is 12.1 Å². The van der Waals surface area contributed by atoms with Gasteiger partial charge in [0.05, 0.1) is 11.1 Å². The highest BCUT2D eigenvalue weighted by molar-refractivity contribution is 5.98. The zero-order valence-corrected chi connectivity index (χ0v) is 10.5. The Balaban J connectivity index is 2.88. The monoisotopic (exact) mass is 278 g/mol. The zero-order valence-electron chi connectivity index (χ0n) is 10.5. The molecule has 4 N–H and O–H groups in total. The summed E-state index contributed by atoms with van der Waals surface area (Å²) in [5.74, 6) is -2.55. The Bertz CT molecular complexity index is 521. The minimum absolute atomic E-state index is 0.0957. The van der Waals surface area contributed by atoms with Gasteiger partial charge in [0.15, 0.2) is 0 Å². The van der Waals surface area contributed by atoms with Gasteiger partial charge in [0.1, 0.15) is 0 Å². The maximum Gasteiger partial charge on any atom is 0.335 e. The first kappa shape index (κ1) is 15.2. The summed E-state index contributed by atoms with van der Waals surface area (Å²) in [7, 11) is 0. The second-order valence-corrected chi connectivity index (χ2v) is 3.87. The number of carboxylic acids is 2. The lowest BCUT2D eigenvalue weighted by atomic mass is 10.1. The van der Waals surface area contributed by atoms with Crippen LogP contribution >= 0.6 is 0 Å². The number of anilines is 1. The van der Waals surface area contributed by atoms with Crippen LogP contribution in [0.25, 0.3) is 0 Å². The molecule has 0 aromatic heterocycles. The van der Waals surface area contributed by atoms with Crippen LogP contribution in [0.2, 0.25) is 0 Å². The summed E-state index contributed by atoms with van der Waals surface area (Å²) in [6.45, 7) is 3.88. The fourth-order valence-corrected chi connectivity index (χ4v) is 1.41. The number of carboxylic acid groups (broad SMARTS) is 2. The molecular formula is C13H14N2O5. The fraction of sp³-hybridized carbons (Fsp3) is 0.154. The summed E-state index contributed by atoms with van der Waals surface area (Å²) >= 11 is 0. The van der Waals surface area contributed by atoms with Crippen molar-refractivity contribution >= 4 is 23.7 Å². The number of carbonyl (C=O) groups is 3. The van der Waals surface area contributed by atoms with Crippen LogP contribution in [0.5, 0.6) is 0 Å². The van der Waals surface area contributed by atoms with E-state index in [1.54, 1.807) is 6.08 Å². The number of rotatable bonds is 6. The van der Waals surface area contributed by atoms with Gasteiger partial charge in [-0.25, -0.2) is 14.4 Å². The molecule has 0 bridgehead atoms. The first-order valence-electron chi connectivity index (χ1n) is 5.71. The van der Waals surface area contributed by atoms with E-state index in [2.05, 4.69) is 17.2 Å². The Labute approximate surface area is 114 Å². The summed E-state index contributed by atoms with van der Waals surface area (Å²) in [6, 6.07) is 2.83. The van der Waals surface area contributed by atoms with Crippen molar-refractivity contribution in [3.63, 3.8) is 0 Å². The first-order valence-corrected chi connectivity index (χ1v) is 5.71. The van der Waals surface area contributed by atoms with Crippen molar-refractivity contribution in [2.75, 3.05) is 11.9 Å². The summed E-state index contributed by atoms with van der Waals surface area (Å²) in [4.78, 5) is 33.3. The molecule has 0 fully saturated rings. The topological polar surface area (TPSA) is 116 Å². The summed E-state index contributed by atoms with van der Waals surface area (Å²) in [5, 5.41) is 22.7. The molecule has 0 saturated heterocycles. The van der Waals surface area contributed by atoms with Crippen molar-refractivity contribution < 1.29 is 24.6 Å². The van der Waals surface area contributed by atoms with Crippen LogP contribution in [0.15, 0.2) is 30.9 Å². The van der Waals surface area contributed by atoms with Crippen molar-refractivity contribution in [2.24, 2.45) is 0 Å². The minimum atomic E-state index is -1.27. The number of aromatic carboxylic acids is 2. The van der Waals surface area contributed by atoms with Gasteiger partial charge in [-0.1, -0.05) is 6.08 Å². The molecule has 106 valence electrons. The average molecular weight is 278 g/mol. The third kappa shape index (κ3) is 4.45. The van der Waals surface area contributed by atoms with Gasteiger partial charge < -0.3 is 20.8 Å². The summed E-state index contributed by atoms with van der Waals surface area (Å²) < 4.78 is 0. The lowest BCUT2D eigenvalue weighted by Crippen LogP contribution is -2.29. The van der Waals surface area contributed by atoms with Crippen LogP contribution in [0, 0.1) is 0 Å². The number of nitrogens with one attached hydrogen (secondary N) is 2. The quantitative estimate of drug-likeness (QED) is 0.467. The standard InChI is InChI=1S/C13H14N2O5/c1-2-3-4-14-13(20)15-10-6-8(11(16)17)5-9(7-10)12(18)19/h2,5-7H,1,3-4H2,(H,16,17)(H,18,19)(H2,14,15,20). The van der Waals surface area contributed by atoms with E-state index >= 15 is 0 Å². The number of hydrogen-bond donors (Lipinski definition) is 4. The van der Waals surface area contributed by atoms with Crippen molar-refractivity contribution in [1.29, 1.82) is 0 Å². The molecule has 0 heterocycles. The molecule has 0 aliphatic heterocycles. The van der Waals surface area contributed by atoms with E-state index in [1.807, 2.05) is 0 Å². The third-order valence-corrected chi connectivity index (χ3v) is 2.32. The molecule has 0 aliphatic carbocycles. The van der Waals surface area contributed by atoms with Crippen molar-refractivity contribution in [3.8, 4) is 0 Å². The smallest absolute Gasteiger partial charge is 0.335 e. The first-order chi connectivity index (χ1) is 9.43. The molecule has 2 amide bonds. The van der Waals surface area contributed by atoms with Crippen LogP contribution in [0.4, 0.5) is 10.5 Å². The Hall–Kier alpha value is -2.83. The molecule has 7 nitrogen and oxygen atoms in total. The lowest BCUT2D eigenvalue weighted by molar-refractivity contribution is 0.0696. The van der Waals surface area contributed by atoms with Crippen LogP contribution in [0.1, 0.15) is 27.1 Å². The second-order valence-electron chi connectivity index (χ2n) is 3.87. The Kier molecular flexibility index (Phi) is 5.28. The maximum atomic E-state index is 11.5. The van der Waals surface area contributed by atoms with Gasteiger partial charge in [0.25, 0.3) is 0 Å². The van der Waals surface area contributed by atoms with Gasteiger partial charge in [-0.15, -0.1) is 6.58 Å². The summed E-state index contributed by atoms with van der Waals surface area (Å²) in [5.41, 5.74) is -0.337. The van der Waals surface area contributed by atoms with Gasteiger partial charge in [-0.05, 0) is 24.6 Å². The number of urea groups is 1. The minimum Gasteiger partial charge on any atom is -0.478 e. The third-order valence-electron chi connectivity index (χ3n) is 2.32. The van der Waals surface area contributed by atoms with Crippen molar-refractivity contribution in [1.82, 2.24) is 5.32 Å². The average Bonchev–Trinajstić information content (AvgIpc) is 2.38. The number of hydrogen-bond acceptors (Lipinski definition) is 3. The normalized spacial score (nSPS) is 9.60. The van der Waals surface area contributed by atoms with Gasteiger partial charge in [-0.3, -0.25) is 0 Å². The molecule has 0 aliphatic rings. The molecule has 1 rings (SSSR count). The molecule has 0 spiro atoms. The fourth-order valence-electron chi connectivity index (χ4n) is 1.41. The molecule has 0 unspecified atom stereocenters. The highest BCUT2D eigenvalue weighted by Gasteiger charge is 2.12. The molecule has 0 atom stereocenters. The molecular weight excluding hydrogens is 264 g/mol. The van der Waals surface area contributed by atoms with Crippen LogP contribution in [-0.4, -0.2) is 34.7 Å². The van der Waals surface area contributed by atoms with E-state index in [-0.39, 0.29) is 16.8 Å². The predicted octanol–water partition coefficient (Wildman–Crippen LogP) is 1.78. The Morgan fingerprint density at radius 1 is 1.10 bits per heavy atom.